The van der Waals surface area contributed by atoms with Gasteiger partial charge in [-0.3, -0.25) is 4.98 Å². The van der Waals surface area contributed by atoms with E-state index >= 15 is 0 Å². The zero-order valence-corrected chi connectivity index (χ0v) is 10.8. The van der Waals surface area contributed by atoms with Crippen molar-refractivity contribution in [2.24, 2.45) is 0 Å². The van der Waals surface area contributed by atoms with Crippen LogP contribution in [0, 0.1) is 0 Å². The second-order valence-corrected chi connectivity index (χ2v) is 4.80. The van der Waals surface area contributed by atoms with Crippen LogP contribution in [-0.2, 0) is 6.18 Å². The molecule has 0 radical (unpaired) electrons. The van der Waals surface area contributed by atoms with E-state index in [4.69, 9.17) is 0 Å². The van der Waals surface area contributed by atoms with Crippen molar-refractivity contribution < 1.29 is 13.2 Å². The van der Waals surface area contributed by atoms with Crippen molar-refractivity contribution >= 4 is 42.8 Å². The highest BCUT2D eigenvalue weighted by atomic mass is 79.9. The van der Waals surface area contributed by atoms with E-state index in [0.29, 0.717) is 19.8 Å². The molecule has 0 aliphatic rings. The number of aromatic nitrogens is 1. The smallest absolute Gasteiger partial charge is 0.255 e. The number of nitrogens with zero attached hydrogens (tertiary/aromatic N) is 1. The number of pyridine rings is 1. The highest BCUT2D eigenvalue weighted by molar-refractivity contribution is 9.13. The maximum Gasteiger partial charge on any atom is 0.416 e. The summed E-state index contributed by atoms with van der Waals surface area (Å²) in [7, 11) is 0. The van der Waals surface area contributed by atoms with E-state index in [1.807, 2.05) is 0 Å². The molecule has 0 aliphatic heterocycles. The SMILES string of the molecule is FC(F)(F)c1ccc2c(Br)c(Br)cnc2c1. The van der Waals surface area contributed by atoms with Crippen LogP contribution in [0.5, 0.6) is 0 Å². The van der Waals surface area contributed by atoms with Crippen LogP contribution in [0.2, 0.25) is 0 Å². The van der Waals surface area contributed by atoms with E-state index in [-0.39, 0.29) is 0 Å². The zero-order valence-electron chi connectivity index (χ0n) is 7.65. The highest BCUT2D eigenvalue weighted by Crippen LogP contribution is 2.34. The van der Waals surface area contributed by atoms with Crippen molar-refractivity contribution in [3.63, 3.8) is 0 Å². The van der Waals surface area contributed by atoms with Gasteiger partial charge < -0.3 is 0 Å². The van der Waals surface area contributed by atoms with Crippen LogP contribution >= 0.6 is 31.9 Å². The molecular weight excluding hydrogens is 351 g/mol. The molecule has 0 atom stereocenters. The lowest BCUT2D eigenvalue weighted by atomic mass is 10.1. The number of hydrogen-bond donors (Lipinski definition) is 0. The Morgan fingerprint density at radius 2 is 1.81 bits per heavy atom. The Morgan fingerprint density at radius 3 is 2.44 bits per heavy atom. The highest BCUT2D eigenvalue weighted by Gasteiger charge is 2.30. The number of benzene rings is 1. The van der Waals surface area contributed by atoms with Crippen molar-refractivity contribution in [1.82, 2.24) is 4.98 Å². The molecule has 0 spiro atoms. The maximum absolute atomic E-state index is 12.4. The monoisotopic (exact) mass is 353 g/mol. The van der Waals surface area contributed by atoms with E-state index in [1.54, 1.807) is 0 Å². The molecule has 0 saturated heterocycles. The largest absolute Gasteiger partial charge is 0.416 e. The third-order valence-corrected chi connectivity index (χ3v) is 4.08. The lowest BCUT2D eigenvalue weighted by molar-refractivity contribution is -0.137. The predicted octanol–water partition coefficient (Wildman–Crippen LogP) is 4.78. The third kappa shape index (κ3) is 2.08. The average molecular weight is 355 g/mol. The first-order valence-electron chi connectivity index (χ1n) is 4.20. The summed E-state index contributed by atoms with van der Waals surface area (Å²) < 4.78 is 38.7. The topological polar surface area (TPSA) is 12.9 Å². The van der Waals surface area contributed by atoms with E-state index in [9.17, 15) is 13.2 Å². The summed E-state index contributed by atoms with van der Waals surface area (Å²) in [4.78, 5) is 3.94. The maximum atomic E-state index is 12.4. The number of hydrogen-bond acceptors (Lipinski definition) is 1. The molecule has 6 heteroatoms. The lowest BCUT2D eigenvalue weighted by Crippen LogP contribution is -2.04. The van der Waals surface area contributed by atoms with E-state index in [1.165, 1.54) is 12.3 Å². The predicted molar refractivity (Wildman–Crippen MR) is 62.1 cm³/mol. The minimum Gasteiger partial charge on any atom is -0.255 e. The Bertz CT molecular complexity index is 551. The fourth-order valence-corrected chi connectivity index (χ4v) is 2.07. The second-order valence-electron chi connectivity index (χ2n) is 3.15. The van der Waals surface area contributed by atoms with Gasteiger partial charge in [0.05, 0.1) is 15.6 Å². The molecule has 0 aliphatic carbocycles. The molecule has 0 unspecified atom stereocenters. The van der Waals surface area contributed by atoms with Gasteiger partial charge >= 0.3 is 6.18 Å². The molecule has 0 saturated carbocycles. The Labute approximate surface area is 106 Å². The first kappa shape index (κ1) is 11.9. The van der Waals surface area contributed by atoms with Gasteiger partial charge in [-0.05, 0) is 44.0 Å². The van der Waals surface area contributed by atoms with Crippen molar-refractivity contribution in [2.45, 2.75) is 6.18 Å². The van der Waals surface area contributed by atoms with E-state index < -0.39 is 11.7 Å². The molecule has 84 valence electrons. The van der Waals surface area contributed by atoms with Crippen molar-refractivity contribution in [1.29, 1.82) is 0 Å². The Kier molecular flexibility index (Phi) is 2.96. The summed E-state index contributed by atoms with van der Waals surface area (Å²) >= 11 is 6.53. The Morgan fingerprint density at radius 1 is 1.12 bits per heavy atom. The third-order valence-electron chi connectivity index (χ3n) is 2.09. The fraction of sp³-hybridized carbons (Fsp3) is 0.100. The van der Waals surface area contributed by atoms with Crippen LogP contribution in [0.25, 0.3) is 10.9 Å². The summed E-state index contributed by atoms with van der Waals surface area (Å²) in [5, 5.41) is 0.641. The minimum absolute atomic E-state index is 0.310. The van der Waals surface area contributed by atoms with Gasteiger partial charge in [-0.2, -0.15) is 13.2 Å². The molecular formula is C10H4Br2F3N. The van der Waals surface area contributed by atoms with Gasteiger partial charge in [0.25, 0.3) is 0 Å². The standard InChI is InChI=1S/C10H4Br2F3N/c11-7-4-16-8-3-5(10(13,14)15)1-2-6(8)9(7)12/h1-4H. The summed E-state index contributed by atoms with van der Waals surface area (Å²) in [5.41, 5.74) is -0.383. The van der Waals surface area contributed by atoms with Crippen LogP contribution in [0.3, 0.4) is 0 Å². The second kappa shape index (κ2) is 4.00. The molecule has 0 fully saturated rings. The molecule has 0 amide bonds. The quantitative estimate of drug-likeness (QED) is 0.663. The molecule has 1 aromatic carbocycles. The molecule has 16 heavy (non-hydrogen) atoms. The van der Waals surface area contributed by atoms with Crippen LogP contribution in [0.4, 0.5) is 13.2 Å². The summed E-state index contributed by atoms with van der Waals surface area (Å²) in [6.07, 6.45) is -2.87. The molecule has 2 aromatic rings. The zero-order chi connectivity index (χ0) is 11.9. The van der Waals surface area contributed by atoms with Gasteiger partial charge in [0.1, 0.15) is 0 Å². The van der Waals surface area contributed by atoms with Crippen LogP contribution in [0.15, 0.2) is 33.3 Å². The van der Waals surface area contributed by atoms with Gasteiger partial charge in [-0.25, -0.2) is 0 Å². The van der Waals surface area contributed by atoms with Gasteiger partial charge in [0, 0.05) is 16.1 Å². The van der Waals surface area contributed by atoms with Crippen LogP contribution in [0.1, 0.15) is 5.56 Å². The van der Waals surface area contributed by atoms with Gasteiger partial charge in [-0.15, -0.1) is 0 Å². The first-order chi connectivity index (χ1) is 7.39. The summed E-state index contributed by atoms with van der Waals surface area (Å²) in [6, 6.07) is 3.48. The van der Waals surface area contributed by atoms with Crippen molar-refractivity contribution in [2.75, 3.05) is 0 Å². The molecule has 1 aromatic heterocycles. The number of fused-ring (bicyclic) bond motifs is 1. The minimum atomic E-state index is -4.34. The average Bonchev–Trinajstić information content (AvgIpc) is 2.22. The molecule has 0 N–H and O–H groups in total. The Balaban J connectivity index is 2.70. The first-order valence-corrected chi connectivity index (χ1v) is 5.79. The van der Waals surface area contributed by atoms with Gasteiger partial charge in [0.15, 0.2) is 0 Å². The fourth-order valence-electron chi connectivity index (χ4n) is 1.31. The molecule has 1 heterocycles. The van der Waals surface area contributed by atoms with Crippen LogP contribution in [-0.4, -0.2) is 4.98 Å². The van der Waals surface area contributed by atoms with Crippen molar-refractivity contribution in [3.8, 4) is 0 Å². The molecule has 1 nitrogen and oxygen atoms in total. The summed E-state index contributed by atoms with van der Waals surface area (Å²) in [6.45, 7) is 0. The number of rotatable bonds is 0. The van der Waals surface area contributed by atoms with E-state index in [0.717, 1.165) is 12.1 Å². The number of alkyl halides is 3. The lowest BCUT2D eigenvalue weighted by Gasteiger charge is -2.08. The molecule has 2 rings (SSSR count). The molecule has 0 bridgehead atoms. The Hall–Kier alpha value is -0.620. The van der Waals surface area contributed by atoms with Gasteiger partial charge in [0.2, 0.25) is 0 Å². The summed E-state index contributed by atoms with van der Waals surface area (Å²) in [5.74, 6) is 0. The number of halogens is 5. The normalized spacial score (nSPS) is 12.1. The van der Waals surface area contributed by atoms with Crippen LogP contribution < -0.4 is 0 Å². The van der Waals surface area contributed by atoms with Crippen molar-refractivity contribution in [3.05, 3.63) is 38.9 Å². The van der Waals surface area contributed by atoms with Gasteiger partial charge in [-0.1, -0.05) is 6.07 Å². The van der Waals surface area contributed by atoms with E-state index in [2.05, 4.69) is 36.8 Å².